The molecular formula is C13H18F2N2O3. The van der Waals surface area contributed by atoms with Gasteiger partial charge in [0.1, 0.15) is 11.6 Å². The summed E-state index contributed by atoms with van der Waals surface area (Å²) in [4.78, 5) is 13.4. The van der Waals surface area contributed by atoms with Crippen LogP contribution < -0.4 is 5.32 Å². The first-order chi connectivity index (χ1) is 9.55. The van der Waals surface area contributed by atoms with Crippen molar-refractivity contribution in [2.45, 2.75) is 0 Å². The molecule has 0 saturated carbocycles. The van der Waals surface area contributed by atoms with Crippen molar-refractivity contribution in [1.82, 2.24) is 4.90 Å². The van der Waals surface area contributed by atoms with Crippen LogP contribution in [0.4, 0.5) is 14.5 Å². The number of nitrogens with one attached hydrogen (secondary N) is 1. The van der Waals surface area contributed by atoms with E-state index in [2.05, 4.69) is 5.32 Å². The molecule has 0 spiro atoms. The van der Waals surface area contributed by atoms with Gasteiger partial charge in [0.05, 0.1) is 19.8 Å². The molecule has 1 aromatic rings. The van der Waals surface area contributed by atoms with Crippen molar-refractivity contribution in [2.75, 3.05) is 45.3 Å². The van der Waals surface area contributed by atoms with Crippen molar-refractivity contribution in [3.63, 3.8) is 0 Å². The molecule has 0 atom stereocenters. The van der Waals surface area contributed by atoms with E-state index in [9.17, 15) is 13.6 Å². The van der Waals surface area contributed by atoms with Crippen molar-refractivity contribution >= 4 is 11.6 Å². The minimum atomic E-state index is -0.758. The van der Waals surface area contributed by atoms with Crippen LogP contribution in [-0.2, 0) is 9.53 Å². The number of aliphatic hydroxyl groups is 1. The van der Waals surface area contributed by atoms with Gasteiger partial charge in [-0.25, -0.2) is 8.78 Å². The van der Waals surface area contributed by atoms with Crippen LogP contribution >= 0.6 is 0 Å². The first-order valence-electron chi connectivity index (χ1n) is 6.13. The zero-order valence-electron chi connectivity index (χ0n) is 11.2. The van der Waals surface area contributed by atoms with Gasteiger partial charge in [0.25, 0.3) is 0 Å². The number of hydrogen-bond acceptors (Lipinski definition) is 4. The van der Waals surface area contributed by atoms with Gasteiger partial charge in [-0.2, -0.15) is 0 Å². The van der Waals surface area contributed by atoms with Gasteiger partial charge in [-0.3, -0.25) is 9.69 Å². The maximum atomic E-state index is 13.0. The lowest BCUT2D eigenvalue weighted by molar-refractivity contribution is -0.117. The van der Waals surface area contributed by atoms with Gasteiger partial charge >= 0.3 is 0 Å². The molecule has 0 unspecified atom stereocenters. The van der Waals surface area contributed by atoms with Crippen LogP contribution in [-0.4, -0.2) is 55.9 Å². The lowest BCUT2D eigenvalue weighted by atomic mass is 10.3. The fourth-order valence-corrected chi connectivity index (χ4v) is 1.66. The summed E-state index contributed by atoms with van der Waals surface area (Å²) in [5, 5.41) is 11.3. The van der Waals surface area contributed by atoms with Gasteiger partial charge in [0.15, 0.2) is 0 Å². The summed E-state index contributed by atoms with van der Waals surface area (Å²) in [6, 6.07) is 2.80. The first kappa shape index (κ1) is 16.5. The maximum Gasteiger partial charge on any atom is 0.238 e. The Morgan fingerprint density at radius 1 is 1.30 bits per heavy atom. The molecule has 0 aliphatic rings. The van der Waals surface area contributed by atoms with Gasteiger partial charge in [0.2, 0.25) is 5.91 Å². The Balaban J connectivity index is 2.55. The largest absolute Gasteiger partial charge is 0.395 e. The van der Waals surface area contributed by atoms with Crippen molar-refractivity contribution in [2.24, 2.45) is 0 Å². The third kappa shape index (κ3) is 6.05. The average Bonchev–Trinajstić information content (AvgIpc) is 2.34. The summed E-state index contributed by atoms with van der Waals surface area (Å²) in [6.45, 7) is 1.12. The molecule has 5 nitrogen and oxygen atoms in total. The number of methoxy groups -OCH3 is 1. The highest BCUT2D eigenvalue weighted by atomic mass is 19.1. The lowest BCUT2D eigenvalue weighted by Gasteiger charge is -2.20. The summed E-state index contributed by atoms with van der Waals surface area (Å²) in [5.74, 6) is -1.93. The van der Waals surface area contributed by atoms with Crippen molar-refractivity contribution in [1.29, 1.82) is 0 Å². The number of amides is 1. The minimum Gasteiger partial charge on any atom is -0.395 e. The maximum absolute atomic E-state index is 13.0. The molecule has 0 fully saturated rings. The molecule has 0 aromatic heterocycles. The predicted octanol–water partition coefficient (Wildman–Crippen LogP) is 0.844. The van der Waals surface area contributed by atoms with Crippen LogP contribution in [0.3, 0.4) is 0 Å². The molecule has 0 radical (unpaired) electrons. The van der Waals surface area contributed by atoms with E-state index >= 15 is 0 Å². The van der Waals surface area contributed by atoms with E-state index in [0.29, 0.717) is 19.7 Å². The number of ether oxygens (including phenoxy) is 1. The van der Waals surface area contributed by atoms with Crippen LogP contribution in [0, 0.1) is 11.6 Å². The molecule has 1 amide bonds. The monoisotopic (exact) mass is 288 g/mol. The summed E-state index contributed by atoms with van der Waals surface area (Å²) >= 11 is 0. The molecule has 0 aliphatic carbocycles. The molecule has 1 aromatic carbocycles. The smallest absolute Gasteiger partial charge is 0.238 e. The van der Waals surface area contributed by atoms with Crippen LogP contribution in [0.5, 0.6) is 0 Å². The Labute approximate surface area is 116 Å². The molecule has 7 heteroatoms. The normalized spacial score (nSPS) is 10.8. The predicted molar refractivity (Wildman–Crippen MR) is 70.4 cm³/mol. The summed E-state index contributed by atoms with van der Waals surface area (Å²) in [6.07, 6.45) is 0. The summed E-state index contributed by atoms with van der Waals surface area (Å²) < 4.78 is 30.8. The molecule has 0 aliphatic heterocycles. The number of hydrogen-bond donors (Lipinski definition) is 2. The average molecular weight is 288 g/mol. The van der Waals surface area contributed by atoms with Gasteiger partial charge in [0, 0.05) is 32.0 Å². The number of anilines is 1. The number of carbonyl (C=O) groups is 1. The molecule has 0 bridgehead atoms. The van der Waals surface area contributed by atoms with E-state index in [-0.39, 0.29) is 18.8 Å². The zero-order valence-corrected chi connectivity index (χ0v) is 11.2. The molecule has 0 heterocycles. The van der Waals surface area contributed by atoms with Gasteiger partial charge in [-0.05, 0) is 12.1 Å². The highest BCUT2D eigenvalue weighted by molar-refractivity contribution is 5.92. The molecular weight excluding hydrogens is 270 g/mol. The number of nitrogens with zero attached hydrogens (tertiary/aromatic N) is 1. The lowest BCUT2D eigenvalue weighted by Crippen LogP contribution is -2.37. The molecule has 2 N–H and O–H groups in total. The zero-order chi connectivity index (χ0) is 15.0. The highest BCUT2D eigenvalue weighted by Crippen LogP contribution is 2.12. The third-order valence-corrected chi connectivity index (χ3v) is 2.54. The van der Waals surface area contributed by atoms with E-state index in [1.54, 1.807) is 4.90 Å². The van der Waals surface area contributed by atoms with Crippen molar-refractivity contribution < 1.29 is 23.4 Å². The van der Waals surface area contributed by atoms with E-state index in [0.717, 1.165) is 18.2 Å². The number of aliphatic hydroxyl groups excluding tert-OH is 1. The Bertz CT molecular complexity index is 423. The van der Waals surface area contributed by atoms with Gasteiger partial charge < -0.3 is 15.2 Å². The summed E-state index contributed by atoms with van der Waals surface area (Å²) in [5.41, 5.74) is 0.0585. The van der Waals surface area contributed by atoms with Crippen LogP contribution in [0.25, 0.3) is 0 Å². The van der Waals surface area contributed by atoms with E-state index < -0.39 is 17.5 Å². The number of rotatable bonds is 8. The van der Waals surface area contributed by atoms with E-state index in [1.807, 2.05) is 0 Å². The van der Waals surface area contributed by atoms with Crippen LogP contribution in [0.2, 0.25) is 0 Å². The molecule has 20 heavy (non-hydrogen) atoms. The second kappa shape index (κ2) is 8.57. The number of halogens is 2. The summed E-state index contributed by atoms with van der Waals surface area (Å²) in [7, 11) is 1.53. The van der Waals surface area contributed by atoms with Crippen LogP contribution in [0.15, 0.2) is 18.2 Å². The second-order valence-electron chi connectivity index (χ2n) is 4.20. The molecule has 112 valence electrons. The fourth-order valence-electron chi connectivity index (χ4n) is 1.66. The van der Waals surface area contributed by atoms with Gasteiger partial charge in [-0.15, -0.1) is 0 Å². The van der Waals surface area contributed by atoms with Crippen molar-refractivity contribution in [3.8, 4) is 0 Å². The molecule has 1 rings (SSSR count). The Kier molecular flexibility index (Phi) is 7.06. The van der Waals surface area contributed by atoms with Gasteiger partial charge in [-0.1, -0.05) is 0 Å². The quantitative estimate of drug-likeness (QED) is 0.744. The molecule has 0 saturated heterocycles. The first-order valence-corrected chi connectivity index (χ1v) is 6.13. The minimum absolute atomic E-state index is 0.00204. The number of carbonyl (C=O) groups excluding carboxylic acids is 1. The van der Waals surface area contributed by atoms with E-state index in [1.165, 1.54) is 7.11 Å². The Morgan fingerprint density at radius 2 is 1.95 bits per heavy atom. The van der Waals surface area contributed by atoms with Crippen LogP contribution in [0.1, 0.15) is 0 Å². The fraction of sp³-hybridized carbons (Fsp3) is 0.462. The third-order valence-electron chi connectivity index (χ3n) is 2.54. The topological polar surface area (TPSA) is 61.8 Å². The SMILES string of the molecule is COCCN(CCO)CC(=O)Nc1cc(F)cc(F)c1. The Hall–Kier alpha value is -1.57. The number of benzene rings is 1. The van der Waals surface area contributed by atoms with E-state index in [4.69, 9.17) is 9.84 Å². The second-order valence-corrected chi connectivity index (χ2v) is 4.20. The van der Waals surface area contributed by atoms with Crippen molar-refractivity contribution in [3.05, 3.63) is 29.8 Å². The standard InChI is InChI=1S/C13H18F2N2O3/c1-20-5-3-17(2-4-18)9-13(19)16-12-7-10(14)6-11(15)8-12/h6-8,18H,2-5,9H2,1H3,(H,16,19). The Morgan fingerprint density at radius 3 is 2.50 bits per heavy atom. The highest BCUT2D eigenvalue weighted by Gasteiger charge is 2.11.